The third kappa shape index (κ3) is 5.44. The number of amides is 1. The maximum Gasteiger partial charge on any atom is 0.247 e. The number of fused-ring (bicyclic) bond motifs is 1. The summed E-state index contributed by atoms with van der Waals surface area (Å²) in [5, 5.41) is 19.2. The van der Waals surface area contributed by atoms with Crippen LogP contribution in [-0.4, -0.2) is 78.7 Å². The predicted octanol–water partition coefficient (Wildman–Crippen LogP) is 1.06. The minimum Gasteiger partial charge on any atom is -0.487 e. The molecule has 0 radical (unpaired) electrons. The summed E-state index contributed by atoms with van der Waals surface area (Å²) >= 11 is 0. The summed E-state index contributed by atoms with van der Waals surface area (Å²) in [6, 6.07) is 3.95. The number of nitrogens with zero attached hydrogens (tertiary/aromatic N) is 2. The van der Waals surface area contributed by atoms with Crippen LogP contribution in [0.3, 0.4) is 0 Å². The normalized spacial score (nSPS) is 24.6. The topological polar surface area (TPSA) is 107 Å². The van der Waals surface area contributed by atoms with Crippen LogP contribution < -0.4 is 4.74 Å². The molecule has 2 N–H and O–H groups in total. The van der Waals surface area contributed by atoms with Crippen molar-refractivity contribution in [2.45, 2.75) is 56.8 Å². The molecule has 4 atom stereocenters. The lowest BCUT2D eigenvalue weighted by molar-refractivity contribution is -0.132. The fourth-order valence-corrected chi connectivity index (χ4v) is 5.54. The van der Waals surface area contributed by atoms with Crippen molar-refractivity contribution in [2.24, 2.45) is 11.8 Å². The van der Waals surface area contributed by atoms with Gasteiger partial charge < -0.3 is 19.8 Å². The molecule has 0 saturated heterocycles. The number of rotatable bonds is 5. The first kappa shape index (κ1) is 24.5. The Hall–Kier alpha value is -2.12. The number of hydrogen-bond acceptors (Lipinski definition) is 6. The molecule has 32 heavy (non-hydrogen) atoms. The van der Waals surface area contributed by atoms with Crippen LogP contribution in [0.1, 0.15) is 39.2 Å². The molecule has 0 unspecified atom stereocenters. The minimum absolute atomic E-state index is 0.00605. The van der Waals surface area contributed by atoms with Crippen molar-refractivity contribution in [3.63, 3.8) is 0 Å². The fourth-order valence-electron chi connectivity index (χ4n) is 3.71. The molecule has 1 aliphatic heterocycles. The quantitative estimate of drug-likeness (QED) is 0.631. The van der Waals surface area contributed by atoms with E-state index >= 15 is 0 Å². The van der Waals surface area contributed by atoms with E-state index in [0.29, 0.717) is 12.1 Å². The summed E-state index contributed by atoms with van der Waals surface area (Å²) in [6.07, 6.45) is 0.527. The van der Waals surface area contributed by atoms with Crippen LogP contribution >= 0.6 is 0 Å². The van der Waals surface area contributed by atoms with Crippen LogP contribution in [0.2, 0.25) is 0 Å². The van der Waals surface area contributed by atoms with Crippen LogP contribution in [0.25, 0.3) is 0 Å². The lowest BCUT2D eigenvalue weighted by Gasteiger charge is -2.37. The first-order valence-electron chi connectivity index (χ1n) is 10.9. The third-order valence-electron chi connectivity index (χ3n) is 5.85. The van der Waals surface area contributed by atoms with Gasteiger partial charge in [0.2, 0.25) is 15.9 Å². The van der Waals surface area contributed by atoms with Crippen molar-refractivity contribution >= 4 is 15.9 Å². The Kier molecular flexibility index (Phi) is 7.50. The molecule has 176 valence electrons. The van der Waals surface area contributed by atoms with E-state index in [9.17, 15) is 23.4 Å². The van der Waals surface area contributed by atoms with E-state index in [1.165, 1.54) is 10.4 Å². The minimum atomic E-state index is -3.94. The summed E-state index contributed by atoms with van der Waals surface area (Å²) in [5.74, 6) is 5.52. The number of ether oxygens (including phenoxy) is 1. The van der Waals surface area contributed by atoms with Crippen molar-refractivity contribution in [3.05, 3.63) is 23.8 Å². The second-order valence-corrected chi connectivity index (χ2v) is 10.7. The Morgan fingerprint density at radius 1 is 1.34 bits per heavy atom. The summed E-state index contributed by atoms with van der Waals surface area (Å²) in [6.45, 7) is 5.25. The molecule has 1 aliphatic carbocycles. The van der Waals surface area contributed by atoms with Crippen molar-refractivity contribution in [3.8, 4) is 17.6 Å². The van der Waals surface area contributed by atoms with E-state index in [0.717, 1.165) is 12.8 Å². The average molecular weight is 465 g/mol. The molecule has 8 nitrogen and oxygen atoms in total. The second-order valence-electron chi connectivity index (χ2n) is 8.84. The van der Waals surface area contributed by atoms with Crippen molar-refractivity contribution in [1.82, 2.24) is 9.21 Å². The number of aliphatic hydroxyl groups is 2. The van der Waals surface area contributed by atoms with Gasteiger partial charge in [0.1, 0.15) is 22.9 Å². The van der Waals surface area contributed by atoms with Gasteiger partial charge in [-0.25, -0.2) is 8.42 Å². The average Bonchev–Trinajstić information content (AvgIpc) is 3.58. The molecule has 3 rings (SSSR count). The molecule has 2 aliphatic rings. The number of hydrogen-bond donors (Lipinski definition) is 2. The summed E-state index contributed by atoms with van der Waals surface area (Å²) < 4.78 is 34.4. The Morgan fingerprint density at radius 3 is 2.62 bits per heavy atom. The van der Waals surface area contributed by atoms with Crippen molar-refractivity contribution < 1.29 is 28.2 Å². The zero-order chi connectivity index (χ0) is 23.6. The lowest BCUT2D eigenvalue weighted by atomic mass is 10.0. The molecule has 1 saturated carbocycles. The van der Waals surface area contributed by atoms with Crippen molar-refractivity contribution in [2.75, 3.05) is 26.7 Å². The van der Waals surface area contributed by atoms with Gasteiger partial charge in [-0.1, -0.05) is 18.8 Å². The van der Waals surface area contributed by atoms with Gasteiger partial charge in [-0.05, 0) is 44.9 Å². The molecule has 0 bridgehead atoms. The van der Waals surface area contributed by atoms with Crippen molar-refractivity contribution in [1.29, 1.82) is 0 Å². The van der Waals surface area contributed by atoms with E-state index in [1.807, 2.05) is 6.92 Å². The predicted molar refractivity (Wildman–Crippen MR) is 119 cm³/mol. The van der Waals surface area contributed by atoms with Crippen LogP contribution in [0.5, 0.6) is 5.75 Å². The largest absolute Gasteiger partial charge is 0.487 e. The van der Waals surface area contributed by atoms with Gasteiger partial charge in [-0.2, -0.15) is 4.31 Å². The van der Waals surface area contributed by atoms with E-state index < -0.39 is 28.3 Å². The first-order valence-corrected chi connectivity index (χ1v) is 12.4. The summed E-state index contributed by atoms with van der Waals surface area (Å²) in [7, 11) is -2.19. The van der Waals surface area contributed by atoms with Crippen LogP contribution in [0.4, 0.5) is 0 Å². The van der Waals surface area contributed by atoms with Crippen LogP contribution in [0, 0.1) is 23.7 Å². The number of carbonyl (C=O) groups is 1. The summed E-state index contributed by atoms with van der Waals surface area (Å²) in [5.41, 5.74) is 0.510. The number of sulfonamides is 1. The summed E-state index contributed by atoms with van der Waals surface area (Å²) in [4.78, 5) is 14.2. The highest BCUT2D eigenvalue weighted by Gasteiger charge is 2.39. The highest BCUT2D eigenvalue weighted by molar-refractivity contribution is 7.89. The van der Waals surface area contributed by atoms with Gasteiger partial charge >= 0.3 is 0 Å². The van der Waals surface area contributed by atoms with Gasteiger partial charge in [0.15, 0.2) is 0 Å². The molecular weight excluding hydrogens is 432 g/mol. The molecule has 1 heterocycles. The van der Waals surface area contributed by atoms with Crippen LogP contribution in [0.15, 0.2) is 23.1 Å². The van der Waals surface area contributed by atoms with Gasteiger partial charge in [-0.3, -0.25) is 4.79 Å². The number of carbonyl (C=O) groups excluding carboxylic acids is 1. The Balaban J connectivity index is 2.03. The molecule has 1 aromatic rings. The van der Waals surface area contributed by atoms with Gasteiger partial charge in [-0.15, -0.1) is 0 Å². The highest BCUT2D eigenvalue weighted by Crippen LogP contribution is 2.35. The number of aliphatic hydroxyl groups excluding tert-OH is 2. The van der Waals surface area contributed by atoms with Gasteiger partial charge in [0.25, 0.3) is 0 Å². The molecule has 1 amide bonds. The standard InChI is InChI=1S/C23H32N2O6S/c1-15-12-25(16(2)14-26)32(29,30)22-10-7-18(6-5-17(3)27)11-20(22)31-21(15)13-24(4)23(28)19-8-9-19/h7,10-11,15-17,19,21,26-27H,8-9,12-14H2,1-4H3/t15-,16+,17+,21-/m0/s1. The molecular formula is C23H32N2O6S. The second kappa shape index (κ2) is 9.79. The van der Waals surface area contributed by atoms with E-state index in [-0.39, 0.29) is 41.5 Å². The maximum absolute atomic E-state index is 13.4. The Morgan fingerprint density at radius 2 is 2.03 bits per heavy atom. The molecule has 9 heteroatoms. The maximum atomic E-state index is 13.4. The molecule has 0 spiro atoms. The smallest absolute Gasteiger partial charge is 0.247 e. The number of benzene rings is 1. The Labute approximate surface area is 190 Å². The van der Waals surface area contributed by atoms with E-state index in [1.54, 1.807) is 37.9 Å². The molecule has 1 aromatic carbocycles. The SMILES string of the molecule is C[C@H](CO)N1C[C@H](C)[C@H](CN(C)C(=O)C2CC2)Oc2cc(C#C[C@@H](C)O)ccc2S1(=O)=O. The zero-order valence-electron chi connectivity index (χ0n) is 19.0. The van der Waals surface area contributed by atoms with E-state index in [2.05, 4.69) is 11.8 Å². The van der Waals surface area contributed by atoms with Gasteiger partial charge in [0.05, 0.1) is 13.2 Å². The zero-order valence-corrected chi connectivity index (χ0v) is 19.8. The Bertz CT molecular complexity index is 1010. The first-order chi connectivity index (χ1) is 15.0. The van der Waals surface area contributed by atoms with Gasteiger partial charge in [0, 0.05) is 37.0 Å². The molecule has 0 aromatic heterocycles. The molecule has 1 fully saturated rings. The monoisotopic (exact) mass is 464 g/mol. The van der Waals surface area contributed by atoms with E-state index in [4.69, 9.17) is 4.74 Å². The lowest BCUT2D eigenvalue weighted by Crippen LogP contribution is -2.50. The fraction of sp³-hybridized carbons (Fsp3) is 0.609. The third-order valence-corrected chi connectivity index (χ3v) is 7.87. The number of likely N-dealkylation sites (N-methyl/N-ethyl adjacent to an activating group) is 1. The van der Waals surface area contributed by atoms with Crippen LogP contribution in [-0.2, 0) is 14.8 Å². The highest BCUT2D eigenvalue weighted by atomic mass is 32.2.